The highest BCUT2D eigenvalue weighted by Gasteiger charge is 2.28. The van der Waals surface area contributed by atoms with Gasteiger partial charge in [-0.25, -0.2) is 4.79 Å². The molecule has 0 aliphatic carbocycles. The molecule has 1 heterocycles. The number of hydrogen-bond donors (Lipinski definition) is 1. The Balaban J connectivity index is 1.96. The molecule has 126 valence electrons. The molecule has 1 saturated heterocycles. The van der Waals surface area contributed by atoms with Crippen molar-refractivity contribution < 1.29 is 19.4 Å². The van der Waals surface area contributed by atoms with E-state index in [1.807, 2.05) is 27.7 Å². The molecule has 0 bridgehead atoms. The van der Waals surface area contributed by atoms with Crippen molar-refractivity contribution in [3.63, 3.8) is 0 Å². The number of phenolic OH excluding ortho intramolecular Hbond substituents is 1. The van der Waals surface area contributed by atoms with Crippen molar-refractivity contribution >= 4 is 12.0 Å². The fourth-order valence-electron chi connectivity index (χ4n) is 2.41. The first-order chi connectivity index (χ1) is 10.7. The van der Waals surface area contributed by atoms with Gasteiger partial charge >= 0.3 is 6.09 Å². The van der Waals surface area contributed by atoms with Gasteiger partial charge in [0.15, 0.2) is 0 Å². The zero-order chi connectivity index (χ0) is 17.2. The molecular formula is C17H24N2O4. The summed E-state index contributed by atoms with van der Waals surface area (Å²) in [5.74, 6) is -0.226. The molecular weight excluding hydrogens is 296 g/mol. The second-order valence-corrected chi connectivity index (χ2v) is 6.78. The van der Waals surface area contributed by atoms with Gasteiger partial charge in [0.1, 0.15) is 11.4 Å². The molecule has 0 unspecified atom stereocenters. The van der Waals surface area contributed by atoms with Crippen LogP contribution in [0.4, 0.5) is 4.79 Å². The lowest BCUT2D eigenvalue weighted by atomic mass is 10.1. The fraction of sp³-hybridized carbons (Fsp3) is 0.529. The van der Waals surface area contributed by atoms with Crippen molar-refractivity contribution in [1.29, 1.82) is 0 Å². The van der Waals surface area contributed by atoms with E-state index in [1.165, 1.54) is 0 Å². The van der Waals surface area contributed by atoms with E-state index < -0.39 is 5.60 Å². The highest BCUT2D eigenvalue weighted by molar-refractivity contribution is 5.97. The lowest BCUT2D eigenvalue weighted by Crippen LogP contribution is -2.51. The Morgan fingerprint density at radius 1 is 1.09 bits per heavy atom. The van der Waals surface area contributed by atoms with Gasteiger partial charge in [-0.05, 0) is 45.4 Å². The molecule has 0 saturated carbocycles. The molecule has 1 N–H and O–H groups in total. The highest BCUT2D eigenvalue weighted by atomic mass is 16.6. The van der Waals surface area contributed by atoms with E-state index in [1.54, 1.807) is 28.0 Å². The average Bonchev–Trinajstić information content (AvgIpc) is 2.45. The van der Waals surface area contributed by atoms with Gasteiger partial charge in [0.25, 0.3) is 5.91 Å². The highest BCUT2D eigenvalue weighted by Crippen LogP contribution is 2.21. The van der Waals surface area contributed by atoms with Crippen molar-refractivity contribution in [1.82, 2.24) is 9.80 Å². The van der Waals surface area contributed by atoms with Crippen LogP contribution in [0.15, 0.2) is 18.2 Å². The number of phenols is 1. The molecule has 1 aliphatic rings. The van der Waals surface area contributed by atoms with Crippen LogP contribution in [0, 0.1) is 6.92 Å². The molecule has 6 nitrogen and oxygen atoms in total. The molecule has 2 amide bonds. The zero-order valence-corrected chi connectivity index (χ0v) is 14.1. The first-order valence-electron chi connectivity index (χ1n) is 7.74. The minimum atomic E-state index is -0.530. The van der Waals surface area contributed by atoms with E-state index in [0.29, 0.717) is 31.7 Å². The number of nitrogens with zero attached hydrogens (tertiary/aromatic N) is 2. The Hall–Kier alpha value is -2.24. The maximum absolute atomic E-state index is 12.5. The molecule has 0 radical (unpaired) electrons. The number of rotatable bonds is 1. The number of amides is 2. The van der Waals surface area contributed by atoms with Crippen LogP contribution in [0.25, 0.3) is 0 Å². The number of hydrogen-bond acceptors (Lipinski definition) is 4. The Morgan fingerprint density at radius 3 is 2.17 bits per heavy atom. The molecule has 0 atom stereocenters. The number of aromatic hydroxyl groups is 1. The van der Waals surface area contributed by atoms with Crippen molar-refractivity contribution in [2.75, 3.05) is 26.2 Å². The minimum absolute atomic E-state index is 0.00966. The summed E-state index contributed by atoms with van der Waals surface area (Å²) in [6.45, 7) is 9.02. The van der Waals surface area contributed by atoms with E-state index in [0.717, 1.165) is 5.56 Å². The van der Waals surface area contributed by atoms with Crippen molar-refractivity contribution in [2.45, 2.75) is 33.3 Å². The number of piperazine rings is 1. The molecule has 0 spiro atoms. The third kappa shape index (κ3) is 4.37. The van der Waals surface area contributed by atoms with Crippen molar-refractivity contribution in [2.24, 2.45) is 0 Å². The van der Waals surface area contributed by atoms with Crippen LogP contribution < -0.4 is 0 Å². The van der Waals surface area contributed by atoms with Gasteiger partial charge in [-0.15, -0.1) is 0 Å². The van der Waals surface area contributed by atoms with E-state index >= 15 is 0 Å². The van der Waals surface area contributed by atoms with Crippen LogP contribution in [-0.2, 0) is 4.74 Å². The molecule has 2 rings (SSSR count). The van der Waals surface area contributed by atoms with Gasteiger partial charge < -0.3 is 19.6 Å². The normalized spacial score (nSPS) is 15.5. The average molecular weight is 320 g/mol. The number of carbonyl (C=O) groups is 2. The summed E-state index contributed by atoms with van der Waals surface area (Å²) >= 11 is 0. The number of ether oxygens (including phenoxy) is 1. The van der Waals surface area contributed by atoms with Crippen LogP contribution in [0.2, 0.25) is 0 Å². The van der Waals surface area contributed by atoms with Crippen molar-refractivity contribution in [3.8, 4) is 5.75 Å². The Kier molecular flexibility index (Phi) is 4.82. The molecule has 23 heavy (non-hydrogen) atoms. The third-order valence-corrected chi connectivity index (χ3v) is 3.60. The summed E-state index contributed by atoms with van der Waals surface area (Å²) in [5, 5.41) is 9.93. The summed E-state index contributed by atoms with van der Waals surface area (Å²) in [4.78, 5) is 27.7. The Morgan fingerprint density at radius 2 is 1.65 bits per heavy atom. The molecule has 0 aromatic heterocycles. The van der Waals surface area contributed by atoms with Gasteiger partial charge in [0, 0.05) is 26.2 Å². The summed E-state index contributed by atoms with van der Waals surface area (Å²) in [6.07, 6.45) is -0.359. The predicted molar refractivity (Wildman–Crippen MR) is 86.6 cm³/mol. The lowest BCUT2D eigenvalue weighted by Gasteiger charge is -2.35. The van der Waals surface area contributed by atoms with Crippen LogP contribution in [0.5, 0.6) is 5.75 Å². The van der Waals surface area contributed by atoms with E-state index in [9.17, 15) is 14.7 Å². The van der Waals surface area contributed by atoms with Crippen LogP contribution in [0.3, 0.4) is 0 Å². The maximum atomic E-state index is 12.5. The Bertz CT molecular complexity index is 599. The standard InChI is InChI=1S/C17H24N2O4/c1-12-5-6-13(14(20)11-12)15(21)18-7-9-19(10-8-18)16(22)23-17(2,3)4/h5-6,11,20H,7-10H2,1-4H3. The van der Waals surface area contributed by atoms with Crippen LogP contribution >= 0.6 is 0 Å². The maximum Gasteiger partial charge on any atom is 0.410 e. The number of carbonyl (C=O) groups excluding carboxylic acids is 2. The fourth-order valence-corrected chi connectivity index (χ4v) is 2.41. The first kappa shape index (κ1) is 17.1. The van der Waals surface area contributed by atoms with Gasteiger partial charge in [-0.3, -0.25) is 4.79 Å². The SMILES string of the molecule is Cc1ccc(C(=O)N2CCN(C(=O)OC(C)(C)C)CC2)c(O)c1. The second-order valence-electron chi connectivity index (χ2n) is 6.78. The van der Waals surface area contributed by atoms with E-state index in [2.05, 4.69) is 0 Å². The summed E-state index contributed by atoms with van der Waals surface area (Å²) in [7, 11) is 0. The predicted octanol–water partition coefficient (Wildman–Crippen LogP) is 2.39. The number of aryl methyl sites for hydroxylation is 1. The molecule has 1 aliphatic heterocycles. The van der Waals surface area contributed by atoms with Gasteiger partial charge in [0.05, 0.1) is 5.56 Å². The zero-order valence-electron chi connectivity index (χ0n) is 14.1. The largest absolute Gasteiger partial charge is 0.507 e. The first-order valence-corrected chi connectivity index (χ1v) is 7.74. The van der Waals surface area contributed by atoms with Crippen LogP contribution in [0.1, 0.15) is 36.7 Å². The smallest absolute Gasteiger partial charge is 0.410 e. The summed E-state index contributed by atoms with van der Waals surface area (Å²) < 4.78 is 5.33. The third-order valence-electron chi connectivity index (χ3n) is 3.60. The van der Waals surface area contributed by atoms with E-state index in [-0.39, 0.29) is 17.7 Å². The topological polar surface area (TPSA) is 70.1 Å². The molecule has 1 fully saturated rings. The number of benzene rings is 1. The lowest BCUT2D eigenvalue weighted by molar-refractivity contribution is 0.0140. The monoisotopic (exact) mass is 320 g/mol. The van der Waals surface area contributed by atoms with Crippen LogP contribution in [-0.4, -0.2) is 58.7 Å². The van der Waals surface area contributed by atoms with E-state index in [4.69, 9.17) is 4.74 Å². The summed E-state index contributed by atoms with van der Waals surface area (Å²) in [5.41, 5.74) is 0.660. The quantitative estimate of drug-likeness (QED) is 0.862. The summed E-state index contributed by atoms with van der Waals surface area (Å²) in [6, 6.07) is 5.00. The minimum Gasteiger partial charge on any atom is -0.507 e. The molecule has 1 aromatic rings. The van der Waals surface area contributed by atoms with Crippen molar-refractivity contribution in [3.05, 3.63) is 29.3 Å². The van der Waals surface area contributed by atoms with Gasteiger partial charge in [-0.1, -0.05) is 6.07 Å². The van der Waals surface area contributed by atoms with Gasteiger partial charge in [-0.2, -0.15) is 0 Å². The Labute approximate surface area is 136 Å². The molecule has 1 aromatic carbocycles. The van der Waals surface area contributed by atoms with Gasteiger partial charge in [0.2, 0.25) is 0 Å². The second kappa shape index (κ2) is 6.48. The molecule has 6 heteroatoms.